The van der Waals surface area contributed by atoms with E-state index in [4.69, 9.17) is 0 Å². The van der Waals surface area contributed by atoms with Crippen molar-refractivity contribution < 1.29 is 13.2 Å². The smallest absolute Gasteiger partial charge is 0.380 e. The average Bonchev–Trinajstić information content (AvgIpc) is 3.14. The predicted molar refractivity (Wildman–Crippen MR) is 70.5 cm³/mol. The summed E-state index contributed by atoms with van der Waals surface area (Å²) in [6.07, 6.45) is 0.478. The first-order chi connectivity index (χ1) is 9.43. The Morgan fingerprint density at radius 3 is 2.60 bits per heavy atom. The topological polar surface area (TPSA) is 28.2 Å². The minimum absolute atomic E-state index is 0.295. The highest BCUT2D eigenvalue weighted by Crippen LogP contribution is 2.34. The summed E-state index contributed by atoms with van der Waals surface area (Å²) in [6, 6.07) is 4.05. The van der Waals surface area contributed by atoms with Gasteiger partial charge in [-0.2, -0.15) is 13.2 Å². The van der Waals surface area contributed by atoms with Crippen LogP contribution in [0.2, 0.25) is 0 Å². The largest absolute Gasteiger partial charge is 0.433 e. The van der Waals surface area contributed by atoms with Crippen LogP contribution in [0.3, 0.4) is 0 Å². The summed E-state index contributed by atoms with van der Waals surface area (Å²) in [7, 11) is 0. The Morgan fingerprint density at radius 1 is 1.30 bits per heavy atom. The number of rotatable bonds is 3. The summed E-state index contributed by atoms with van der Waals surface area (Å²) in [5.41, 5.74) is -0.185. The van der Waals surface area contributed by atoms with Gasteiger partial charge in [0.25, 0.3) is 0 Å². The van der Waals surface area contributed by atoms with Gasteiger partial charge in [0, 0.05) is 24.7 Å². The van der Waals surface area contributed by atoms with E-state index in [2.05, 4.69) is 22.1 Å². The third-order valence-electron chi connectivity index (χ3n) is 4.06. The van der Waals surface area contributed by atoms with Crippen LogP contribution in [0.15, 0.2) is 18.3 Å². The Morgan fingerprint density at radius 2 is 2.05 bits per heavy atom. The number of nitrogens with one attached hydrogen (secondary N) is 1. The van der Waals surface area contributed by atoms with E-state index >= 15 is 0 Å². The first kappa shape index (κ1) is 13.7. The molecule has 1 N–H and O–H groups in total. The van der Waals surface area contributed by atoms with Crippen molar-refractivity contribution in [2.75, 3.05) is 11.9 Å². The maximum absolute atomic E-state index is 12.4. The van der Waals surface area contributed by atoms with Gasteiger partial charge in [0.1, 0.15) is 5.69 Å². The lowest BCUT2D eigenvalue weighted by Crippen LogP contribution is -2.31. The third-order valence-corrected chi connectivity index (χ3v) is 4.06. The molecule has 2 atom stereocenters. The average molecular weight is 285 g/mol. The van der Waals surface area contributed by atoms with E-state index in [1.165, 1.54) is 25.1 Å². The van der Waals surface area contributed by atoms with Crippen LogP contribution in [0.4, 0.5) is 18.9 Å². The van der Waals surface area contributed by atoms with Crippen LogP contribution in [-0.4, -0.2) is 34.6 Å². The highest BCUT2D eigenvalue weighted by atomic mass is 19.4. The molecule has 2 unspecified atom stereocenters. The normalized spacial score (nSPS) is 27.8. The number of pyridine rings is 1. The molecule has 2 fully saturated rings. The molecule has 3 nitrogen and oxygen atoms in total. The monoisotopic (exact) mass is 285 g/mol. The lowest BCUT2D eigenvalue weighted by Gasteiger charge is -2.20. The van der Waals surface area contributed by atoms with Crippen LogP contribution in [0.25, 0.3) is 0 Å². The molecule has 1 aliphatic carbocycles. The maximum atomic E-state index is 12.4. The lowest BCUT2D eigenvalue weighted by atomic mass is 10.2. The number of aromatic nitrogens is 1. The van der Waals surface area contributed by atoms with Gasteiger partial charge in [-0.1, -0.05) is 0 Å². The summed E-state index contributed by atoms with van der Waals surface area (Å²) in [5.74, 6) is 0. The van der Waals surface area contributed by atoms with Gasteiger partial charge < -0.3 is 5.32 Å². The van der Waals surface area contributed by atoms with Crippen LogP contribution in [0.1, 0.15) is 31.9 Å². The zero-order valence-corrected chi connectivity index (χ0v) is 11.3. The maximum Gasteiger partial charge on any atom is 0.433 e. The van der Waals surface area contributed by atoms with E-state index in [1.54, 1.807) is 0 Å². The van der Waals surface area contributed by atoms with Crippen molar-refractivity contribution in [2.24, 2.45) is 0 Å². The van der Waals surface area contributed by atoms with E-state index in [1.807, 2.05) is 0 Å². The van der Waals surface area contributed by atoms with Crippen molar-refractivity contribution in [3.63, 3.8) is 0 Å². The van der Waals surface area contributed by atoms with Crippen molar-refractivity contribution >= 4 is 5.69 Å². The molecule has 0 aromatic carbocycles. The van der Waals surface area contributed by atoms with Gasteiger partial charge in [-0.25, -0.2) is 4.98 Å². The molecule has 2 aliphatic rings. The standard InChI is InChI=1S/C14H18F3N3/c1-9-6-11(8-20(9)12-3-4-12)19-10-2-5-13(18-7-10)14(15,16)17/h2,5,7,9,11-12,19H,3-4,6,8H2,1H3. The number of nitrogens with zero attached hydrogens (tertiary/aromatic N) is 2. The van der Waals surface area contributed by atoms with Gasteiger partial charge in [-0.15, -0.1) is 0 Å². The summed E-state index contributed by atoms with van der Waals surface area (Å²) >= 11 is 0. The minimum atomic E-state index is -4.37. The molecule has 1 saturated heterocycles. The van der Waals surface area contributed by atoms with Gasteiger partial charge in [0.05, 0.1) is 11.9 Å². The molecule has 1 aromatic heterocycles. The van der Waals surface area contributed by atoms with E-state index < -0.39 is 11.9 Å². The highest BCUT2D eigenvalue weighted by Gasteiger charge is 2.38. The molecule has 1 aromatic rings. The number of likely N-dealkylation sites (tertiary alicyclic amines) is 1. The second kappa shape index (κ2) is 4.91. The Balaban J connectivity index is 1.61. The Hall–Kier alpha value is -1.30. The molecule has 6 heteroatoms. The van der Waals surface area contributed by atoms with E-state index in [-0.39, 0.29) is 0 Å². The van der Waals surface area contributed by atoms with Gasteiger partial charge in [0.2, 0.25) is 0 Å². The first-order valence-electron chi connectivity index (χ1n) is 6.99. The lowest BCUT2D eigenvalue weighted by molar-refractivity contribution is -0.141. The van der Waals surface area contributed by atoms with E-state index in [9.17, 15) is 13.2 Å². The molecular formula is C14H18F3N3. The van der Waals surface area contributed by atoms with Gasteiger partial charge in [-0.05, 0) is 38.3 Å². The van der Waals surface area contributed by atoms with Crippen molar-refractivity contribution in [3.8, 4) is 0 Å². The minimum Gasteiger partial charge on any atom is -0.380 e. The van der Waals surface area contributed by atoms with Crippen LogP contribution in [0, 0.1) is 0 Å². The summed E-state index contributed by atoms with van der Waals surface area (Å²) in [6.45, 7) is 3.18. The molecule has 3 rings (SSSR count). The molecule has 2 heterocycles. The number of hydrogen-bond donors (Lipinski definition) is 1. The van der Waals surface area contributed by atoms with Crippen molar-refractivity contribution in [1.29, 1.82) is 0 Å². The fourth-order valence-electron chi connectivity index (χ4n) is 2.96. The molecule has 0 radical (unpaired) electrons. The molecule has 0 spiro atoms. The molecule has 110 valence electrons. The van der Waals surface area contributed by atoms with Crippen LogP contribution in [0.5, 0.6) is 0 Å². The van der Waals surface area contributed by atoms with Crippen molar-refractivity contribution in [1.82, 2.24) is 9.88 Å². The van der Waals surface area contributed by atoms with Crippen molar-refractivity contribution in [3.05, 3.63) is 24.0 Å². The third kappa shape index (κ3) is 2.90. The van der Waals surface area contributed by atoms with Crippen LogP contribution in [-0.2, 0) is 6.18 Å². The highest BCUT2D eigenvalue weighted by molar-refractivity contribution is 5.42. The van der Waals surface area contributed by atoms with Gasteiger partial charge >= 0.3 is 6.18 Å². The van der Waals surface area contributed by atoms with Crippen molar-refractivity contribution in [2.45, 2.75) is 50.5 Å². The van der Waals surface area contributed by atoms with E-state index in [0.29, 0.717) is 17.8 Å². The molecule has 20 heavy (non-hydrogen) atoms. The zero-order chi connectivity index (χ0) is 14.3. The Kier molecular flexibility index (Phi) is 3.36. The molecule has 0 amide bonds. The summed E-state index contributed by atoms with van der Waals surface area (Å²) in [4.78, 5) is 5.97. The fourth-order valence-corrected chi connectivity index (χ4v) is 2.96. The number of halogens is 3. The first-order valence-corrected chi connectivity index (χ1v) is 6.99. The zero-order valence-electron chi connectivity index (χ0n) is 11.3. The quantitative estimate of drug-likeness (QED) is 0.924. The molecule has 1 saturated carbocycles. The van der Waals surface area contributed by atoms with Crippen LogP contribution >= 0.6 is 0 Å². The Labute approximate surface area is 116 Å². The second-order valence-electron chi connectivity index (χ2n) is 5.78. The summed E-state index contributed by atoms with van der Waals surface area (Å²) in [5, 5.41) is 3.29. The van der Waals surface area contributed by atoms with Crippen LogP contribution < -0.4 is 5.32 Å². The van der Waals surface area contributed by atoms with Gasteiger partial charge in [-0.3, -0.25) is 4.90 Å². The SMILES string of the molecule is CC1CC(Nc2ccc(C(F)(F)F)nc2)CN1C1CC1. The molecular weight excluding hydrogens is 267 g/mol. The van der Waals surface area contributed by atoms with E-state index in [0.717, 1.165) is 25.1 Å². The molecule has 0 bridgehead atoms. The number of alkyl halides is 3. The Bertz CT molecular complexity index is 468. The molecule has 1 aliphatic heterocycles. The number of anilines is 1. The summed E-state index contributed by atoms with van der Waals surface area (Å²) < 4.78 is 37.3. The van der Waals surface area contributed by atoms with Gasteiger partial charge in [0.15, 0.2) is 0 Å². The predicted octanol–water partition coefficient (Wildman–Crippen LogP) is 3.14. The second-order valence-corrected chi connectivity index (χ2v) is 5.78. The number of hydrogen-bond acceptors (Lipinski definition) is 3. The fraction of sp³-hybridized carbons (Fsp3) is 0.643.